The number of nitriles is 1. The first-order valence-corrected chi connectivity index (χ1v) is 11.8. The summed E-state index contributed by atoms with van der Waals surface area (Å²) in [7, 11) is 0. The van der Waals surface area contributed by atoms with Crippen molar-refractivity contribution in [1.29, 1.82) is 5.26 Å². The van der Waals surface area contributed by atoms with Crippen LogP contribution in [0.25, 0.3) is 17.2 Å². The van der Waals surface area contributed by atoms with E-state index in [0.29, 0.717) is 28.5 Å². The SMILES string of the molecule is CCOC(=O)c1c(-c2ccc(C)cc2C)csc1NC(=O)/C(C#N)=C/c1ccc(OCC)cc1. The summed E-state index contributed by atoms with van der Waals surface area (Å²) in [5.74, 6) is -0.418. The second-order valence-electron chi connectivity index (χ2n) is 7.52. The molecule has 34 heavy (non-hydrogen) atoms. The molecule has 0 atom stereocenters. The lowest BCUT2D eigenvalue weighted by molar-refractivity contribution is -0.112. The number of benzene rings is 2. The molecule has 0 saturated carbocycles. The standard InChI is InChI=1S/C27H26N2O4S/c1-5-32-21-10-8-19(9-11-21)14-20(15-28)25(30)29-26-24(27(31)33-6-2)23(16-34-26)22-12-7-17(3)13-18(22)4/h7-14,16H,5-6H2,1-4H3,(H,29,30)/b20-14+. The summed E-state index contributed by atoms with van der Waals surface area (Å²) >= 11 is 1.22. The van der Waals surface area contributed by atoms with Crippen LogP contribution in [-0.4, -0.2) is 25.1 Å². The molecule has 1 N–H and O–H groups in total. The van der Waals surface area contributed by atoms with E-state index in [1.54, 1.807) is 31.2 Å². The van der Waals surface area contributed by atoms with Crippen molar-refractivity contribution in [1.82, 2.24) is 0 Å². The number of nitrogens with zero attached hydrogens (tertiary/aromatic N) is 1. The minimum absolute atomic E-state index is 0.0829. The van der Waals surface area contributed by atoms with E-state index >= 15 is 0 Å². The van der Waals surface area contributed by atoms with Crippen LogP contribution < -0.4 is 10.1 Å². The molecule has 1 amide bonds. The maximum absolute atomic E-state index is 12.9. The van der Waals surface area contributed by atoms with Crippen LogP contribution in [0.15, 0.2) is 53.4 Å². The zero-order valence-electron chi connectivity index (χ0n) is 19.6. The predicted octanol–water partition coefficient (Wildman–Crippen LogP) is 6.15. The Morgan fingerprint density at radius 1 is 1.06 bits per heavy atom. The Balaban J connectivity index is 1.94. The van der Waals surface area contributed by atoms with Crippen LogP contribution in [0, 0.1) is 25.2 Å². The minimum Gasteiger partial charge on any atom is -0.494 e. The summed E-state index contributed by atoms with van der Waals surface area (Å²) in [4.78, 5) is 25.8. The van der Waals surface area contributed by atoms with Crippen LogP contribution in [0.1, 0.15) is 40.9 Å². The quantitative estimate of drug-likeness (QED) is 0.240. The zero-order chi connectivity index (χ0) is 24.7. The Morgan fingerprint density at radius 3 is 2.41 bits per heavy atom. The first-order chi connectivity index (χ1) is 16.4. The molecule has 174 valence electrons. The second kappa shape index (κ2) is 11.3. The number of nitrogens with one attached hydrogen (secondary N) is 1. The molecular weight excluding hydrogens is 448 g/mol. The van der Waals surface area contributed by atoms with E-state index in [4.69, 9.17) is 9.47 Å². The van der Waals surface area contributed by atoms with Crippen molar-refractivity contribution in [3.63, 3.8) is 0 Å². The fraction of sp³-hybridized carbons (Fsp3) is 0.222. The first-order valence-electron chi connectivity index (χ1n) is 10.9. The lowest BCUT2D eigenvalue weighted by Crippen LogP contribution is -2.16. The van der Waals surface area contributed by atoms with E-state index in [9.17, 15) is 14.9 Å². The molecule has 2 aromatic carbocycles. The van der Waals surface area contributed by atoms with Crippen molar-refractivity contribution >= 4 is 34.3 Å². The lowest BCUT2D eigenvalue weighted by atomic mass is 9.97. The molecule has 1 heterocycles. The third-order valence-electron chi connectivity index (χ3n) is 5.04. The highest BCUT2D eigenvalue weighted by Gasteiger charge is 2.24. The zero-order valence-corrected chi connectivity index (χ0v) is 20.4. The summed E-state index contributed by atoms with van der Waals surface area (Å²) in [6.45, 7) is 8.35. The molecule has 0 bridgehead atoms. The molecule has 0 unspecified atom stereocenters. The van der Waals surface area contributed by atoms with Crippen molar-refractivity contribution < 1.29 is 19.1 Å². The van der Waals surface area contributed by atoms with Gasteiger partial charge in [0.1, 0.15) is 28.0 Å². The van der Waals surface area contributed by atoms with Gasteiger partial charge in [0.15, 0.2) is 0 Å². The lowest BCUT2D eigenvalue weighted by Gasteiger charge is -2.11. The van der Waals surface area contributed by atoms with Crippen molar-refractivity contribution in [3.05, 3.63) is 75.7 Å². The molecule has 3 aromatic rings. The Hall–Kier alpha value is -3.89. The molecule has 0 aliphatic heterocycles. The Labute approximate surface area is 203 Å². The number of carbonyl (C=O) groups is 2. The van der Waals surface area contributed by atoms with Gasteiger partial charge >= 0.3 is 5.97 Å². The summed E-state index contributed by atoms with van der Waals surface area (Å²) in [5.41, 5.74) is 4.57. The van der Waals surface area contributed by atoms with Crippen LogP contribution in [-0.2, 0) is 9.53 Å². The van der Waals surface area contributed by atoms with E-state index in [2.05, 4.69) is 5.32 Å². The monoisotopic (exact) mass is 474 g/mol. The summed E-state index contributed by atoms with van der Waals surface area (Å²) in [5, 5.41) is 14.5. The molecule has 1 aromatic heterocycles. The molecule has 6 nitrogen and oxygen atoms in total. The van der Waals surface area contributed by atoms with Gasteiger partial charge < -0.3 is 14.8 Å². The molecule has 0 aliphatic rings. The largest absolute Gasteiger partial charge is 0.494 e. The van der Waals surface area contributed by atoms with E-state index in [0.717, 1.165) is 16.7 Å². The van der Waals surface area contributed by atoms with Crippen LogP contribution in [0.3, 0.4) is 0 Å². The number of ether oxygens (including phenoxy) is 2. The Morgan fingerprint density at radius 2 is 1.79 bits per heavy atom. The summed E-state index contributed by atoms with van der Waals surface area (Å²) in [6, 6.07) is 15.0. The van der Waals surface area contributed by atoms with Gasteiger partial charge in [0.2, 0.25) is 0 Å². The van der Waals surface area contributed by atoms with Gasteiger partial charge in [-0.05, 0) is 62.6 Å². The van der Waals surface area contributed by atoms with Crippen molar-refractivity contribution in [2.24, 2.45) is 0 Å². The number of aryl methyl sites for hydroxylation is 2. The summed E-state index contributed by atoms with van der Waals surface area (Å²) < 4.78 is 10.7. The van der Waals surface area contributed by atoms with E-state index in [1.165, 1.54) is 17.4 Å². The molecule has 3 rings (SSSR count). The van der Waals surface area contributed by atoms with Gasteiger partial charge in [-0.2, -0.15) is 5.26 Å². The molecule has 7 heteroatoms. The highest BCUT2D eigenvalue weighted by Crippen LogP contribution is 2.38. The summed E-state index contributed by atoms with van der Waals surface area (Å²) in [6.07, 6.45) is 1.49. The van der Waals surface area contributed by atoms with Gasteiger partial charge in [0, 0.05) is 10.9 Å². The number of hydrogen-bond acceptors (Lipinski definition) is 6. The molecule has 0 spiro atoms. The van der Waals surface area contributed by atoms with Gasteiger partial charge in [-0.3, -0.25) is 4.79 Å². The molecular formula is C27H26N2O4S. The van der Waals surface area contributed by atoms with Crippen LogP contribution in [0.5, 0.6) is 5.75 Å². The number of thiophene rings is 1. The van der Waals surface area contributed by atoms with Crippen LogP contribution in [0.4, 0.5) is 5.00 Å². The van der Waals surface area contributed by atoms with Gasteiger partial charge in [0.25, 0.3) is 5.91 Å². The van der Waals surface area contributed by atoms with Crippen molar-refractivity contribution in [2.45, 2.75) is 27.7 Å². The minimum atomic E-state index is -0.601. The van der Waals surface area contributed by atoms with Crippen LogP contribution >= 0.6 is 11.3 Å². The molecule has 0 aliphatic carbocycles. The third-order valence-corrected chi connectivity index (χ3v) is 5.93. The van der Waals surface area contributed by atoms with Gasteiger partial charge in [-0.25, -0.2) is 4.79 Å². The highest BCUT2D eigenvalue weighted by atomic mass is 32.1. The Bertz CT molecular complexity index is 1270. The first kappa shape index (κ1) is 24.7. The van der Waals surface area contributed by atoms with E-state index in [-0.39, 0.29) is 17.7 Å². The third kappa shape index (κ3) is 5.72. The van der Waals surface area contributed by atoms with Crippen molar-refractivity contribution in [3.8, 4) is 22.9 Å². The molecule has 0 saturated heterocycles. The Kier molecular flexibility index (Phi) is 8.23. The average Bonchev–Trinajstić information content (AvgIpc) is 3.22. The second-order valence-corrected chi connectivity index (χ2v) is 8.40. The van der Waals surface area contributed by atoms with Crippen LogP contribution in [0.2, 0.25) is 0 Å². The van der Waals surface area contributed by atoms with E-state index < -0.39 is 11.9 Å². The molecule has 0 radical (unpaired) electrons. The number of amides is 1. The van der Waals surface area contributed by atoms with E-state index in [1.807, 2.05) is 50.4 Å². The highest BCUT2D eigenvalue weighted by molar-refractivity contribution is 7.15. The fourth-order valence-corrected chi connectivity index (χ4v) is 4.43. The van der Waals surface area contributed by atoms with Gasteiger partial charge in [-0.15, -0.1) is 11.3 Å². The van der Waals surface area contributed by atoms with Gasteiger partial charge in [-0.1, -0.05) is 35.9 Å². The maximum Gasteiger partial charge on any atom is 0.341 e. The number of carbonyl (C=O) groups excluding carboxylic acids is 2. The maximum atomic E-state index is 12.9. The number of esters is 1. The van der Waals surface area contributed by atoms with Gasteiger partial charge in [0.05, 0.1) is 13.2 Å². The normalized spacial score (nSPS) is 11.0. The topological polar surface area (TPSA) is 88.4 Å². The number of rotatable bonds is 8. The van der Waals surface area contributed by atoms with Crippen molar-refractivity contribution in [2.75, 3.05) is 18.5 Å². The fourth-order valence-electron chi connectivity index (χ4n) is 3.48. The number of hydrogen-bond donors (Lipinski definition) is 1. The molecule has 0 fully saturated rings. The predicted molar refractivity (Wildman–Crippen MR) is 135 cm³/mol. The average molecular weight is 475 g/mol. The number of anilines is 1. The smallest absolute Gasteiger partial charge is 0.341 e.